The van der Waals surface area contributed by atoms with Crippen molar-refractivity contribution in [2.45, 2.75) is 31.2 Å². The zero-order valence-corrected chi connectivity index (χ0v) is 8.10. The van der Waals surface area contributed by atoms with Gasteiger partial charge in [-0.1, -0.05) is 13.2 Å². The molecule has 0 aliphatic carbocycles. The van der Waals surface area contributed by atoms with E-state index in [0.29, 0.717) is 0 Å². The molecule has 1 aliphatic rings. The van der Waals surface area contributed by atoms with Crippen LogP contribution in [-0.4, -0.2) is 12.1 Å². The molecule has 0 aromatic carbocycles. The SMILES string of the molecule is C=C=CCC1(CC=C=C)CCCN1. The van der Waals surface area contributed by atoms with Crippen molar-refractivity contribution in [1.82, 2.24) is 5.32 Å². The van der Waals surface area contributed by atoms with E-state index in [4.69, 9.17) is 0 Å². The molecule has 0 unspecified atom stereocenters. The van der Waals surface area contributed by atoms with Gasteiger partial charge in [-0.3, -0.25) is 0 Å². The predicted octanol–water partition coefficient (Wildman–Crippen LogP) is 2.57. The van der Waals surface area contributed by atoms with E-state index in [-0.39, 0.29) is 5.54 Å². The first-order valence-corrected chi connectivity index (χ1v) is 4.77. The molecule has 0 aromatic heterocycles. The Bertz CT molecular complexity index is 224. The fourth-order valence-corrected chi connectivity index (χ4v) is 1.84. The average Bonchev–Trinajstić information content (AvgIpc) is 2.61. The summed E-state index contributed by atoms with van der Waals surface area (Å²) in [7, 11) is 0. The van der Waals surface area contributed by atoms with Gasteiger partial charge in [0.1, 0.15) is 0 Å². The van der Waals surface area contributed by atoms with Gasteiger partial charge < -0.3 is 5.32 Å². The van der Waals surface area contributed by atoms with Gasteiger partial charge in [0.15, 0.2) is 0 Å². The summed E-state index contributed by atoms with van der Waals surface area (Å²) >= 11 is 0. The summed E-state index contributed by atoms with van der Waals surface area (Å²) in [5.74, 6) is 0. The number of nitrogens with one attached hydrogen (secondary N) is 1. The van der Waals surface area contributed by atoms with Crippen molar-refractivity contribution in [1.29, 1.82) is 0 Å². The van der Waals surface area contributed by atoms with E-state index in [1.54, 1.807) is 0 Å². The van der Waals surface area contributed by atoms with Crippen LogP contribution in [0.2, 0.25) is 0 Å². The normalized spacial score (nSPS) is 26.2. The third-order valence-corrected chi connectivity index (χ3v) is 2.61. The lowest BCUT2D eigenvalue weighted by atomic mass is 9.89. The quantitative estimate of drug-likeness (QED) is 0.647. The van der Waals surface area contributed by atoms with Crippen LogP contribution in [-0.2, 0) is 0 Å². The van der Waals surface area contributed by atoms with Crippen LogP contribution in [0, 0.1) is 0 Å². The molecule has 1 fully saturated rings. The van der Waals surface area contributed by atoms with Gasteiger partial charge in [-0.2, -0.15) is 0 Å². The molecule has 0 saturated carbocycles. The van der Waals surface area contributed by atoms with Crippen molar-refractivity contribution in [2.24, 2.45) is 0 Å². The lowest BCUT2D eigenvalue weighted by molar-refractivity contribution is 0.384. The van der Waals surface area contributed by atoms with E-state index in [9.17, 15) is 0 Å². The summed E-state index contributed by atoms with van der Waals surface area (Å²) in [6.07, 6.45) is 8.52. The second-order valence-corrected chi connectivity index (χ2v) is 3.54. The topological polar surface area (TPSA) is 12.0 Å². The van der Waals surface area contributed by atoms with Gasteiger partial charge in [0, 0.05) is 5.54 Å². The Hall–Kier alpha value is -1.00. The molecule has 1 heteroatoms. The van der Waals surface area contributed by atoms with E-state index < -0.39 is 0 Å². The monoisotopic (exact) mass is 175 g/mol. The second-order valence-electron chi connectivity index (χ2n) is 3.54. The summed E-state index contributed by atoms with van der Waals surface area (Å²) in [5.41, 5.74) is 5.89. The van der Waals surface area contributed by atoms with Crippen molar-refractivity contribution >= 4 is 0 Å². The Morgan fingerprint density at radius 3 is 2.23 bits per heavy atom. The van der Waals surface area contributed by atoms with E-state index in [0.717, 1.165) is 19.4 Å². The van der Waals surface area contributed by atoms with Gasteiger partial charge >= 0.3 is 0 Å². The highest BCUT2D eigenvalue weighted by Gasteiger charge is 2.30. The Balaban J connectivity index is 2.61. The average molecular weight is 175 g/mol. The smallest absolute Gasteiger partial charge is 0.0262 e. The molecule has 0 amide bonds. The molecule has 1 saturated heterocycles. The largest absolute Gasteiger partial charge is 0.311 e. The van der Waals surface area contributed by atoms with Crippen LogP contribution in [0.15, 0.2) is 36.8 Å². The molecular weight excluding hydrogens is 158 g/mol. The van der Waals surface area contributed by atoms with Crippen LogP contribution in [0.4, 0.5) is 0 Å². The minimum absolute atomic E-state index is 0.232. The summed E-state index contributed by atoms with van der Waals surface area (Å²) < 4.78 is 0. The minimum Gasteiger partial charge on any atom is -0.311 e. The lowest BCUT2D eigenvalue weighted by Gasteiger charge is -2.26. The second kappa shape index (κ2) is 4.89. The summed E-state index contributed by atoms with van der Waals surface area (Å²) in [6, 6.07) is 0. The molecule has 0 spiro atoms. The lowest BCUT2D eigenvalue weighted by Crippen LogP contribution is -2.38. The van der Waals surface area contributed by atoms with Crippen LogP contribution in [0.5, 0.6) is 0 Å². The molecule has 1 aliphatic heterocycles. The highest BCUT2D eigenvalue weighted by molar-refractivity contribution is 5.03. The number of hydrogen-bond donors (Lipinski definition) is 1. The molecule has 0 radical (unpaired) electrons. The first-order chi connectivity index (χ1) is 6.33. The van der Waals surface area contributed by atoms with Gasteiger partial charge in [0.25, 0.3) is 0 Å². The molecular formula is C12H17N. The van der Waals surface area contributed by atoms with E-state index in [1.165, 1.54) is 12.8 Å². The maximum atomic E-state index is 3.59. The molecule has 13 heavy (non-hydrogen) atoms. The van der Waals surface area contributed by atoms with Crippen LogP contribution >= 0.6 is 0 Å². The third-order valence-electron chi connectivity index (χ3n) is 2.61. The van der Waals surface area contributed by atoms with E-state index >= 15 is 0 Å². The molecule has 0 aromatic rings. The molecule has 0 atom stereocenters. The molecule has 1 nitrogen and oxygen atoms in total. The van der Waals surface area contributed by atoms with Gasteiger partial charge in [-0.15, -0.1) is 11.5 Å². The van der Waals surface area contributed by atoms with Crippen molar-refractivity contribution in [2.75, 3.05) is 6.54 Å². The number of rotatable bonds is 4. The minimum atomic E-state index is 0.232. The first-order valence-electron chi connectivity index (χ1n) is 4.77. The third kappa shape index (κ3) is 2.75. The predicted molar refractivity (Wildman–Crippen MR) is 56.6 cm³/mol. The van der Waals surface area contributed by atoms with Crippen LogP contribution in [0.1, 0.15) is 25.7 Å². The summed E-state index contributed by atoms with van der Waals surface area (Å²) in [5, 5.41) is 3.54. The zero-order valence-electron chi connectivity index (χ0n) is 8.10. The Labute approximate surface area is 80.5 Å². The molecule has 1 N–H and O–H groups in total. The van der Waals surface area contributed by atoms with Crippen LogP contribution < -0.4 is 5.32 Å². The molecule has 0 bridgehead atoms. The van der Waals surface area contributed by atoms with E-state index in [2.05, 4.69) is 29.9 Å². The van der Waals surface area contributed by atoms with Crippen molar-refractivity contribution in [3.63, 3.8) is 0 Å². The fraction of sp³-hybridized carbons (Fsp3) is 0.500. The van der Waals surface area contributed by atoms with Gasteiger partial charge in [-0.25, -0.2) is 0 Å². The number of hydrogen-bond acceptors (Lipinski definition) is 1. The maximum Gasteiger partial charge on any atom is 0.0262 e. The Morgan fingerprint density at radius 1 is 1.23 bits per heavy atom. The standard InChI is InChI=1S/C12H17N/c1-3-5-8-12(9-6-4-2)10-7-11-13-12/h5-6,13H,1-2,7-11H2. The van der Waals surface area contributed by atoms with Gasteiger partial charge in [0.05, 0.1) is 0 Å². The Kier molecular flexibility index (Phi) is 3.79. The van der Waals surface area contributed by atoms with Crippen molar-refractivity contribution in [3.05, 3.63) is 36.8 Å². The van der Waals surface area contributed by atoms with Gasteiger partial charge in [0.2, 0.25) is 0 Å². The van der Waals surface area contributed by atoms with Crippen LogP contribution in [0.3, 0.4) is 0 Å². The molecule has 1 heterocycles. The molecule has 1 rings (SSSR count). The molecule has 70 valence electrons. The highest BCUT2D eigenvalue weighted by atomic mass is 15.0. The highest BCUT2D eigenvalue weighted by Crippen LogP contribution is 2.27. The summed E-state index contributed by atoms with van der Waals surface area (Å²) in [6.45, 7) is 8.29. The summed E-state index contributed by atoms with van der Waals surface area (Å²) in [4.78, 5) is 0. The van der Waals surface area contributed by atoms with Crippen molar-refractivity contribution in [3.8, 4) is 0 Å². The van der Waals surface area contributed by atoms with Gasteiger partial charge in [-0.05, 0) is 44.4 Å². The maximum absolute atomic E-state index is 3.59. The van der Waals surface area contributed by atoms with Crippen LogP contribution in [0.25, 0.3) is 0 Å². The van der Waals surface area contributed by atoms with E-state index in [1.807, 2.05) is 12.2 Å². The fourth-order valence-electron chi connectivity index (χ4n) is 1.84. The van der Waals surface area contributed by atoms with Crippen molar-refractivity contribution < 1.29 is 0 Å². The first kappa shape index (κ1) is 10.1. The Morgan fingerprint density at radius 2 is 1.85 bits per heavy atom. The zero-order chi connectivity index (χ0) is 9.57.